The molecule has 1 aromatic heterocycles. The maximum atomic E-state index is 12.7. The van der Waals surface area contributed by atoms with Crippen molar-refractivity contribution >= 4 is 17.7 Å². The maximum Gasteiger partial charge on any atom is 0.254 e. The van der Waals surface area contributed by atoms with E-state index in [9.17, 15) is 9.59 Å². The molecule has 0 atom stereocenters. The first-order valence-electron chi connectivity index (χ1n) is 8.75. The Labute approximate surface area is 158 Å². The third kappa shape index (κ3) is 4.12. The van der Waals surface area contributed by atoms with E-state index in [-0.39, 0.29) is 17.6 Å². The molecule has 26 heavy (non-hydrogen) atoms. The number of hydrogen-bond donors (Lipinski definition) is 0. The molecule has 2 aromatic rings. The average Bonchev–Trinajstić information content (AvgIpc) is 2.66. The molecule has 1 fully saturated rings. The lowest BCUT2D eigenvalue weighted by Gasteiger charge is -2.32. The number of rotatable bonds is 4. The van der Waals surface area contributed by atoms with E-state index in [1.807, 2.05) is 48.4 Å². The van der Waals surface area contributed by atoms with Crippen LogP contribution in [-0.2, 0) is 7.05 Å². The molecule has 1 amide bonds. The monoisotopic (exact) mass is 372 g/mol. The lowest BCUT2D eigenvalue weighted by molar-refractivity contribution is 0.0595. The topological polar surface area (TPSA) is 51.5 Å². The first-order valence-corrected chi connectivity index (χ1v) is 9.98. The van der Waals surface area contributed by atoms with Gasteiger partial charge in [0.05, 0.1) is 0 Å². The van der Waals surface area contributed by atoms with E-state index in [4.69, 9.17) is 4.74 Å². The fraction of sp³-hybridized carbons (Fsp3) is 0.400. The van der Waals surface area contributed by atoms with Gasteiger partial charge >= 0.3 is 0 Å². The molecule has 138 valence electrons. The molecule has 5 nitrogen and oxygen atoms in total. The smallest absolute Gasteiger partial charge is 0.254 e. The number of aromatic nitrogens is 1. The Kier molecular flexibility index (Phi) is 5.71. The Morgan fingerprint density at radius 1 is 1.19 bits per heavy atom. The Morgan fingerprint density at radius 2 is 1.92 bits per heavy atom. The number of amides is 1. The van der Waals surface area contributed by atoms with E-state index in [0.29, 0.717) is 18.8 Å². The summed E-state index contributed by atoms with van der Waals surface area (Å²) in [5, 5.41) is 0. The Hall–Kier alpha value is -2.21. The van der Waals surface area contributed by atoms with Crippen molar-refractivity contribution in [2.75, 3.05) is 19.3 Å². The second kappa shape index (κ2) is 7.99. The highest BCUT2D eigenvalue weighted by Crippen LogP contribution is 2.21. The Morgan fingerprint density at radius 3 is 2.58 bits per heavy atom. The van der Waals surface area contributed by atoms with E-state index in [0.717, 1.165) is 29.0 Å². The highest BCUT2D eigenvalue weighted by molar-refractivity contribution is 7.98. The number of carbonyl (C=O) groups is 1. The summed E-state index contributed by atoms with van der Waals surface area (Å²) in [7, 11) is 1.75. The van der Waals surface area contributed by atoms with Crippen LogP contribution in [-0.4, -0.2) is 40.8 Å². The largest absolute Gasteiger partial charge is 0.490 e. The molecule has 1 saturated heterocycles. The molecule has 0 saturated carbocycles. The second-order valence-electron chi connectivity index (χ2n) is 6.57. The van der Waals surface area contributed by atoms with Gasteiger partial charge in [-0.15, -0.1) is 11.8 Å². The van der Waals surface area contributed by atoms with Gasteiger partial charge in [-0.05, 0) is 37.4 Å². The molecule has 0 radical (unpaired) electrons. The third-order valence-corrected chi connectivity index (χ3v) is 5.55. The van der Waals surface area contributed by atoms with Crippen LogP contribution < -0.4 is 10.3 Å². The minimum Gasteiger partial charge on any atom is -0.490 e. The number of thioether (sulfide) groups is 1. The fourth-order valence-corrected chi connectivity index (χ4v) is 3.57. The van der Waals surface area contributed by atoms with Crippen LogP contribution in [0.1, 0.15) is 28.9 Å². The van der Waals surface area contributed by atoms with Crippen LogP contribution in [0.3, 0.4) is 0 Å². The van der Waals surface area contributed by atoms with Gasteiger partial charge in [-0.3, -0.25) is 9.59 Å². The van der Waals surface area contributed by atoms with Crippen molar-refractivity contribution in [3.63, 3.8) is 0 Å². The number of pyridine rings is 1. The minimum atomic E-state index is -0.0683. The van der Waals surface area contributed by atoms with Crippen molar-refractivity contribution < 1.29 is 9.53 Å². The highest BCUT2D eigenvalue weighted by atomic mass is 32.2. The first kappa shape index (κ1) is 18.6. The van der Waals surface area contributed by atoms with E-state index < -0.39 is 0 Å². The van der Waals surface area contributed by atoms with Crippen LogP contribution in [0.5, 0.6) is 5.75 Å². The quantitative estimate of drug-likeness (QED) is 0.774. The van der Waals surface area contributed by atoms with Crippen molar-refractivity contribution in [1.29, 1.82) is 0 Å². The molecule has 6 heteroatoms. The van der Waals surface area contributed by atoms with Crippen LogP contribution in [0.2, 0.25) is 0 Å². The molecule has 0 N–H and O–H groups in total. The minimum absolute atomic E-state index is 0.0306. The van der Waals surface area contributed by atoms with E-state index in [2.05, 4.69) is 0 Å². The summed E-state index contributed by atoms with van der Waals surface area (Å²) in [5.41, 5.74) is 1.54. The molecule has 1 aliphatic heterocycles. The van der Waals surface area contributed by atoms with Crippen LogP contribution in [0.15, 0.2) is 46.1 Å². The van der Waals surface area contributed by atoms with Crippen molar-refractivity contribution in [3.05, 3.63) is 58.0 Å². The van der Waals surface area contributed by atoms with E-state index in [1.54, 1.807) is 23.4 Å². The number of likely N-dealkylation sites (tertiary alicyclic amines) is 1. The number of benzene rings is 1. The zero-order valence-corrected chi connectivity index (χ0v) is 16.2. The number of hydrogen-bond acceptors (Lipinski definition) is 4. The normalized spacial score (nSPS) is 15.1. The SMILES string of the molecule is CSc1cccc(C(=O)N2CCC(Oc3cc(C)n(C)c(=O)c3)CC2)c1. The molecule has 0 unspecified atom stereocenters. The summed E-state index contributed by atoms with van der Waals surface area (Å²) in [6.45, 7) is 3.21. The van der Waals surface area contributed by atoms with Gasteiger partial charge in [0.2, 0.25) is 0 Å². The van der Waals surface area contributed by atoms with E-state index >= 15 is 0 Å². The van der Waals surface area contributed by atoms with Crippen LogP contribution in [0.4, 0.5) is 0 Å². The molecule has 1 aliphatic rings. The maximum absolute atomic E-state index is 12.7. The fourth-order valence-electron chi connectivity index (χ4n) is 3.11. The van der Waals surface area contributed by atoms with Gasteiger partial charge in [-0.2, -0.15) is 0 Å². The summed E-state index contributed by atoms with van der Waals surface area (Å²) in [6, 6.07) is 11.2. The predicted molar refractivity (Wildman–Crippen MR) is 104 cm³/mol. The molecule has 2 heterocycles. The van der Waals surface area contributed by atoms with Gasteiger partial charge in [0.25, 0.3) is 11.5 Å². The van der Waals surface area contributed by atoms with Gasteiger partial charge in [-0.25, -0.2) is 0 Å². The molecule has 3 rings (SSSR count). The Balaban J connectivity index is 1.60. The number of nitrogens with zero attached hydrogens (tertiary/aromatic N) is 2. The summed E-state index contributed by atoms with van der Waals surface area (Å²) < 4.78 is 7.58. The van der Waals surface area contributed by atoms with Crippen LogP contribution >= 0.6 is 11.8 Å². The lowest BCUT2D eigenvalue weighted by Crippen LogP contribution is -2.41. The molecular weight excluding hydrogens is 348 g/mol. The molecule has 0 spiro atoms. The van der Waals surface area contributed by atoms with Crippen LogP contribution in [0.25, 0.3) is 0 Å². The standard InChI is InChI=1S/C20H24N2O3S/c1-14-11-17(13-19(23)21(14)2)25-16-7-9-22(10-8-16)20(24)15-5-4-6-18(12-15)26-3/h4-6,11-13,16H,7-10H2,1-3H3. The van der Waals surface area contributed by atoms with Gasteiger partial charge in [0.1, 0.15) is 11.9 Å². The van der Waals surface area contributed by atoms with E-state index in [1.165, 1.54) is 6.07 Å². The number of piperidine rings is 1. The molecular formula is C20H24N2O3S. The number of aryl methyl sites for hydroxylation is 1. The van der Waals surface area contributed by atoms with Crippen molar-refractivity contribution in [1.82, 2.24) is 9.47 Å². The summed E-state index contributed by atoms with van der Waals surface area (Å²) >= 11 is 1.63. The Bertz CT molecular complexity index is 854. The van der Waals surface area contributed by atoms with Gasteiger partial charge in [0, 0.05) is 55.2 Å². The third-order valence-electron chi connectivity index (χ3n) is 4.83. The van der Waals surface area contributed by atoms with Crippen molar-refractivity contribution in [3.8, 4) is 5.75 Å². The van der Waals surface area contributed by atoms with Gasteiger partial charge < -0.3 is 14.2 Å². The molecule has 0 aliphatic carbocycles. The zero-order valence-electron chi connectivity index (χ0n) is 15.4. The highest BCUT2D eigenvalue weighted by Gasteiger charge is 2.25. The summed E-state index contributed by atoms with van der Waals surface area (Å²) in [6.07, 6.45) is 3.57. The average molecular weight is 372 g/mol. The van der Waals surface area contributed by atoms with Crippen molar-refractivity contribution in [2.24, 2.45) is 7.05 Å². The van der Waals surface area contributed by atoms with Crippen molar-refractivity contribution in [2.45, 2.75) is 30.8 Å². The summed E-state index contributed by atoms with van der Waals surface area (Å²) in [4.78, 5) is 27.5. The zero-order chi connectivity index (χ0) is 18.7. The summed E-state index contributed by atoms with van der Waals surface area (Å²) in [5.74, 6) is 0.687. The number of ether oxygens (including phenoxy) is 1. The molecule has 1 aromatic carbocycles. The van der Waals surface area contributed by atoms with Gasteiger partial charge in [0.15, 0.2) is 0 Å². The van der Waals surface area contributed by atoms with Crippen LogP contribution in [0, 0.1) is 6.92 Å². The lowest BCUT2D eigenvalue weighted by atomic mass is 10.1. The second-order valence-corrected chi connectivity index (χ2v) is 7.45. The number of carbonyl (C=O) groups excluding carboxylic acids is 1. The molecule has 0 bridgehead atoms. The first-order chi connectivity index (χ1) is 12.5. The predicted octanol–water partition coefficient (Wildman–Crippen LogP) is 3.10. The van der Waals surface area contributed by atoms with Gasteiger partial charge in [-0.1, -0.05) is 6.07 Å².